The summed E-state index contributed by atoms with van der Waals surface area (Å²) in [5, 5.41) is 14.6. The fourth-order valence-electron chi connectivity index (χ4n) is 2.13. The number of anilines is 1. The molecule has 0 saturated heterocycles. The molecule has 0 amide bonds. The van der Waals surface area contributed by atoms with Crippen molar-refractivity contribution < 1.29 is 4.42 Å². The Labute approximate surface area is 116 Å². The van der Waals surface area contributed by atoms with Gasteiger partial charge in [0.2, 0.25) is 0 Å². The second-order valence-electron chi connectivity index (χ2n) is 4.68. The van der Waals surface area contributed by atoms with Gasteiger partial charge in [-0.1, -0.05) is 0 Å². The molecule has 2 heterocycles. The van der Waals surface area contributed by atoms with E-state index in [1.165, 1.54) is 0 Å². The standard InChI is InChI=1S/C14H15N5O/c1-10-7-13(16-11(2)12-5-6-20-8-12)3-4-14(10)19-9-15-17-18-19/h3-9,11,16H,1-2H3. The molecule has 2 aromatic heterocycles. The second kappa shape index (κ2) is 5.16. The predicted octanol–water partition coefficient (Wildman–Crippen LogP) is 2.74. The normalized spacial score (nSPS) is 12.3. The Balaban J connectivity index is 1.81. The van der Waals surface area contributed by atoms with E-state index in [0.717, 1.165) is 22.5 Å². The molecule has 102 valence electrons. The van der Waals surface area contributed by atoms with Crippen molar-refractivity contribution in [1.82, 2.24) is 20.2 Å². The molecule has 1 aromatic carbocycles. The quantitative estimate of drug-likeness (QED) is 0.788. The fourth-order valence-corrected chi connectivity index (χ4v) is 2.13. The lowest BCUT2D eigenvalue weighted by Gasteiger charge is -2.15. The van der Waals surface area contributed by atoms with Gasteiger partial charge in [0.1, 0.15) is 6.33 Å². The molecule has 3 aromatic rings. The van der Waals surface area contributed by atoms with Gasteiger partial charge in [-0.05, 0) is 54.1 Å². The van der Waals surface area contributed by atoms with Gasteiger partial charge in [0, 0.05) is 11.3 Å². The van der Waals surface area contributed by atoms with Gasteiger partial charge in [-0.2, -0.15) is 0 Å². The summed E-state index contributed by atoms with van der Waals surface area (Å²) in [6.45, 7) is 4.13. The van der Waals surface area contributed by atoms with Crippen LogP contribution < -0.4 is 5.32 Å². The molecule has 6 heteroatoms. The predicted molar refractivity (Wildman–Crippen MR) is 74.6 cm³/mol. The van der Waals surface area contributed by atoms with Crippen molar-refractivity contribution in [3.05, 3.63) is 54.2 Å². The highest BCUT2D eigenvalue weighted by Crippen LogP contribution is 2.22. The lowest BCUT2D eigenvalue weighted by Crippen LogP contribution is -2.06. The third kappa shape index (κ3) is 2.40. The maximum absolute atomic E-state index is 5.10. The molecule has 0 bridgehead atoms. The number of nitrogens with zero attached hydrogens (tertiary/aromatic N) is 4. The SMILES string of the molecule is Cc1cc(NC(C)c2ccoc2)ccc1-n1cnnn1. The lowest BCUT2D eigenvalue weighted by molar-refractivity contribution is 0.562. The van der Waals surface area contributed by atoms with E-state index < -0.39 is 0 Å². The highest BCUT2D eigenvalue weighted by Gasteiger charge is 2.08. The number of benzene rings is 1. The van der Waals surface area contributed by atoms with Crippen LogP contribution in [0.3, 0.4) is 0 Å². The number of aromatic nitrogens is 4. The van der Waals surface area contributed by atoms with Crippen LogP contribution in [0.25, 0.3) is 5.69 Å². The van der Waals surface area contributed by atoms with Crippen LogP contribution in [-0.2, 0) is 0 Å². The summed E-state index contributed by atoms with van der Waals surface area (Å²) in [6.07, 6.45) is 5.02. The number of furan rings is 1. The Hall–Kier alpha value is -2.63. The number of hydrogen-bond acceptors (Lipinski definition) is 5. The Bertz CT molecular complexity index is 676. The van der Waals surface area contributed by atoms with Crippen molar-refractivity contribution in [2.45, 2.75) is 19.9 Å². The average Bonchev–Trinajstić information content (AvgIpc) is 3.12. The highest BCUT2D eigenvalue weighted by molar-refractivity contribution is 5.54. The first-order valence-electron chi connectivity index (χ1n) is 6.36. The van der Waals surface area contributed by atoms with Crippen LogP contribution in [0.2, 0.25) is 0 Å². The van der Waals surface area contributed by atoms with Crippen LogP contribution >= 0.6 is 0 Å². The van der Waals surface area contributed by atoms with E-state index in [-0.39, 0.29) is 6.04 Å². The third-order valence-corrected chi connectivity index (χ3v) is 3.22. The van der Waals surface area contributed by atoms with Crippen molar-refractivity contribution >= 4 is 5.69 Å². The molecule has 0 aliphatic heterocycles. The molecule has 0 aliphatic carbocycles. The Morgan fingerprint density at radius 1 is 1.30 bits per heavy atom. The van der Waals surface area contributed by atoms with Crippen LogP contribution in [0.15, 0.2) is 47.5 Å². The van der Waals surface area contributed by atoms with Gasteiger partial charge < -0.3 is 9.73 Å². The Morgan fingerprint density at radius 2 is 2.20 bits per heavy atom. The summed E-state index contributed by atoms with van der Waals surface area (Å²) in [6, 6.07) is 8.23. The highest BCUT2D eigenvalue weighted by atomic mass is 16.3. The average molecular weight is 269 g/mol. The number of rotatable bonds is 4. The molecule has 0 spiro atoms. The maximum atomic E-state index is 5.10. The summed E-state index contributed by atoms with van der Waals surface area (Å²) < 4.78 is 6.75. The number of tetrazole rings is 1. The summed E-state index contributed by atoms with van der Waals surface area (Å²) in [7, 11) is 0. The van der Waals surface area contributed by atoms with Crippen molar-refractivity contribution in [2.24, 2.45) is 0 Å². The van der Waals surface area contributed by atoms with Crippen LogP contribution in [-0.4, -0.2) is 20.2 Å². The van der Waals surface area contributed by atoms with E-state index in [1.54, 1.807) is 23.5 Å². The molecule has 1 unspecified atom stereocenters. The minimum Gasteiger partial charge on any atom is -0.472 e. The van der Waals surface area contributed by atoms with Crippen LogP contribution in [0.4, 0.5) is 5.69 Å². The molecule has 0 saturated carbocycles. The summed E-state index contributed by atoms with van der Waals surface area (Å²) in [5.74, 6) is 0. The molecule has 20 heavy (non-hydrogen) atoms. The summed E-state index contributed by atoms with van der Waals surface area (Å²) in [5.41, 5.74) is 4.23. The molecule has 3 rings (SSSR count). The third-order valence-electron chi connectivity index (χ3n) is 3.22. The topological polar surface area (TPSA) is 68.8 Å². The number of hydrogen-bond donors (Lipinski definition) is 1. The van der Waals surface area contributed by atoms with Crippen LogP contribution in [0, 0.1) is 6.92 Å². The minimum absolute atomic E-state index is 0.187. The molecule has 0 aliphatic rings. The first-order chi connectivity index (χ1) is 9.74. The molecular formula is C14H15N5O. The van der Waals surface area contributed by atoms with E-state index in [1.807, 2.05) is 25.1 Å². The molecule has 0 fully saturated rings. The first-order valence-corrected chi connectivity index (χ1v) is 6.36. The second-order valence-corrected chi connectivity index (χ2v) is 4.68. The van der Waals surface area contributed by atoms with Gasteiger partial charge >= 0.3 is 0 Å². The Morgan fingerprint density at radius 3 is 2.85 bits per heavy atom. The van der Waals surface area contributed by atoms with Gasteiger partial charge in [0.05, 0.1) is 24.3 Å². The maximum Gasteiger partial charge on any atom is 0.143 e. The van der Waals surface area contributed by atoms with Crippen LogP contribution in [0.5, 0.6) is 0 Å². The molecule has 0 radical (unpaired) electrons. The Kier molecular flexibility index (Phi) is 3.20. The van der Waals surface area contributed by atoms with Gasteiger partial charge in [-0.25, -0.2) is 4.68 Å². The summed E-state index contributed by atoms with van der Waals surface area (Å²) in [4.78, 5) is 0. The first kappa shape index (κ1) is 12.4. The molecule has 6 nitrogen and oxygen atoms in total. The van der Waals surface area contributed by atoms with E-state index in [4.69, 9.17) is 4.42 Å². The molecule has 1 N–H and O–H groups in total. The minimum atomic E-state index is 0.187. The zero-order valence-electron chi connectivity index (χ0n) is 11.3. The molecule has 1 atom stereocenters. The van der Waals surface area contributed by atoms with Crippen LogP contribution in [0.1, 0.15) is 24.1 Å². The van der Waals surface area contributed by atoms with Gasteiger partial charge in [-0.3, -0.25) is 0 Å². The molecular weight excluding hydrogens is 254 g/mol. The van der Waals surface area contributed by atoms with Gasteiger partial charge in [0.25, 0.3) is 0 Å². The van der Waals surface area contributed by atoms with Gasteiger partial charge in [0.15, 0.2) is 0 Å². The van der Waals surface area contributed by atoms with Crippen molar-refractivity contribution in [1.29, 1.82) is 0 Å². The van der Waals surface area contributed by atoms with Gasteiger partial charge in [-0.15, -0.1) is 5.10 Å². The number of aryl methyl sites for hydroxylation is 1. The smallest absolute Gasteiger partial charge is 0.143 e. The summed E-state index contributed by atoms with van der Waals surface area (Å²) >= 11 is 0. The zero-order valence-corrected chi connectivity index (χ0v) is 11.3. The van der Waals surface area contributed by atoms with Crippen molar-refractivity contribution in [3.63, 3.8) is 0 Å². The monoisotopic (exact) mass is 269 g/mol. The largest absolute Gasteiger partial charge is 0.472 e. The van der Waals surface area contributed by atoms with E-state index in [9.17, 15) is 0 Å². The zero-order chi connectivity index (χ0) is 13.9. The number of nitrogens with one attached hydrogen (secondary N) is 1. The van der Waals surface area contributed by atoms with E-state index in [2.05, 4.69) is 33.8 Å². The van der Waals surface area contributed by atoms with E-state index in [0.29, 0.717) is 0 Å². The fraction of sp³-hybridized carbons (Fsp3) is 0.214. The lowest BCUT2D eigenvalue weighted by atomic mass is 10.1. The van der Waals surface area contributed by atoms with E-state index >= 15 is 0 Å². The van der Waals surface area contributed by atoms with Crippen molar-refractivity contribution in [3.8, 4) is 5.69 Å². The van der Waals surface area contributed by atoms with Crippen molar-refractivity contribution in [2.75, 3.05) is 5.32 Å².